The smallest absolute Gasteiger partial charge is 0.414 e. The number of sulfonamides is 1. The van der Waals surface area contributed by atoms with Crippen LogP contribution in [0, 0.1) is 0 Å². The Labute approximate surface area is 124 Å². The zero-order valence-corrected chi connectivity index (χ0v) is 13.7. The number of guanidine groups is 1. The molecule has 1 saturated heterocycles. The second-order valence-electron chi connectivity index (χ2n) is 6.38. The highest BCUT2D eigenvalue weighted by Gasteiger charge is 2.54. The van der Waals surface area contributed by atoms with Crippen molar-refractivity contribution in [1.29, 1.82) is 0 Å². The van der Waals surface area contributed by atoms with Crippen molar-refractivity contribution < 1.29 is 22.7 Å². The van der Waals surface area contributed by atoms with Crippen LogP contribution in [0.2, 0.25) is 0 Å². The Morgan fingerprint density at radius 2 is 2.14 bits per heavy atom. The quantitative estimate of drug-likeness (QED) is 0.707. The van der Waals surface area contributed by atoms with Gasteiger partial charge in [0.1, 0.15) is 11.1 Å². The molecule has 0 aliphatic carbocycles. The number of hydrogen-bond acceptors (Lipinski definition) is 6. The van der Waals surface area contributed by atoms with Gasteiger partial charge in [0.2, 0.25) is 11.4 Å². The molecule has 1 fully saturated rings. The van der Waals surface area contributed by atoms with E-state index in [0.29, 0.717) is 13.0 Å². The number of hydrogen-bond donors (Lipinski definition) is 1. The van der Waals surface area contributed by atoms with E-state index in [1.165, 1.54) is 7.05 Å². The van der Waals surface area contributed by atoms with Crippen LogP contribution in [0.15, 0.2) is 4.99 Å². The van der Waals surface area contributed by atoms with Crippen molar-refractivity contribution in [3.8, 4) is 0 Å². The van der Waals surface area contributed by atoms with Crippen LogP contribution < -0.4 is 5.32 Å². The third-order valence-electron chi connectivity index (χ3n) is 3.31. The predicted molar refractivity (Wildman–Crippen MR) is 76.2 cm³/mol. The maximum Gasteiger partial charge on any atom is 0.414 e. The van der Waals surface area contributed by atoms with Crippen molar-refractivity contribution in [2.45, 2.75) is 50.7 Å². The summed E-state index contributed by atoms with van der Waals surface area (Å²) in [6, 6.07) is 0. The highest BCUT2D eigenvalue weighted by molar-refractivity contribution is 7.90. The molecule has 2 rings (SSSR count). The number of carbonyl (C=O) groups excluding carboxylic acids is 1. The first kappa shape index (κ1) is 16.0. The molecule has 2 aliphatic rings. The van der Waals surface area contributed by atoms with Crippen LogP contribution >= 0.6 is 0 Å². The van der Waals surface area contributed by atoms with Crippen molar-refractivity contribution in [2.75, 3.05) is 13.7 Å². The molecular formula is C12H21N3O5S. The van der Waals surface area contributed by atoms with E-state index in [9.17, 15) is 13.2 Å². The van der Waals surface area contributed by atoms with Crippen molar-refractivity contribution >= 4 is 22.1 Å². The normalized spacial score (nSPS) is 31.4. The summed E-state index contributed by atoms with van der Waals surface area (Å²) in [5, 5.41) is 2.40. The van der Waals surface area contributed by atoms with E-state index in [1.807, 2.05) is 0 Å². The minimum atomic E-state index is -3.73. The SMILES string of the molecule is CN1C(NC(=O)OC(C)(C)C)=NC2(C)CCOC2S1(=O)=O. The molecule has 2 heterocycles. The molecule has 0 bridgehead atoms. The summed E-state index contributed by atoms with van der Waals surface area (Å²) in [5.41, 5.74) is -2.59. The van der Waals surface area contributed by atoms with Gasteiger partial charge in [-0.2, -0.15) is 0 Å². The molecular weight excluding hydrogens is 298 g/mol. The lowest BCUT2D eigenvalue weighted by Crippen LogP contribution is -2.58. The Balaban J connectivity index is 2.27. The number of rotatable bonds is 0. The lowest BCUT2D eigenvalue weighted by Gasteiger charge is -2.36. The molecule has 2 aliphatic heterocycles. The third kappa shape index (κ3) is 2.98. The van der Waals surface area contributed by atoms with Gasteiger partial charge < -0.3 is 9.47 Å². The lowest BCUT2D eigenvalue weighted by atomic mass is 10.0. The minimum absolute atomic E-state index is 0.0477. The molecule has 1 amide bonds. The van der Waals surface area contributed by atoms with Crippen LogP contribution in [0.1, 0.15) is 34.1 Å². The summed E-state index contributed by atoms with van der Waals surface area (Å²) in [7, 11) is -2.40. The fourth-order valence-corrected chi connectivity index (χ4v) is 3.96. The topological polar surface area (TPSA) is 97.3 Å². The molecule has 2 atom stereocenters. The molecule has 0 aromatic heterocycles. The summed E-state index contributed by atoms with van der Waals surface area (Å²) in [5.74, 6) is -0.0477. The Bertz CT molecular complexity index is 580. The first-order chi connectivity index (χ1) is 9.46. The van der Waals surface area contributed by atoms with Crippen molar-refractivity contribution in [1.82, 2.24) is 9.62 Å². The van der Waals surface area contributed by atoms with Crippen LogP contribution in [-0.4, -0.2) is 55.0 Å². The second kappa shape index (κ2) is 4.84. The largest absolute Gasteiger partial charge is 0.444 e. The number of aliphatic imine (C=N–C) groups is 1. The average Bonchev–Trinajstić information content (AvgIpc) is 2.66. The van der Waals surface area contributed by atoms with Gasteiger partial charge in [0.05, 0.1) is 6.61 Å². The zero-order valence-electron chi connectivity index (χ0n) is 12.8. The van der Waals surface area contributed by atoms with E-state index in [0.717, 1.165) is 4.31 Å². The van der Waals surface area contributed by atoms with Gasteiger partial charge in [0.25, 0.3) is 10.0 Å². The van der Waals surface area contributed by atoms with E-state index < -0.39 is 32.7 Å². The summed E-state index contributed by atoms with van der Waals surface area (Å²) in [6.45, 7) is 7.18. The molecule has 0 saturated carbocycles. The van der Waals surface area contributed by atoms with Crippen molar-refractivity contribution in [3.05, 3.63) is 0 Å². The number of alkyl carbamates (subject to hydrolysis) is 1. The van der Waals surface area contributed by atoms with Gasteiger partial charge in [0, 0.05) is 7.05 Å². The molecule has 0 radical (unpaired) electrons. The van der Waals surface area contributed by atoms with Gasteiger partial charge in [-0.1, -0.05) is 0 Å². The Morgan fingerprint density at radius 1 is 1.52 bits per heavy atom. The lowest BCUT2D eigenvalue weighted by molar-refractivity contribution is 0.0557. The summed E-state index contributed by atoms with van der Waals surface area (Å²) in [4.78, 5) is 16.2. The van der Waals surface area contributed by atoms with Crippen molar-refractivity contribution in [2.24, 2.45) is 4.99 Å². The fraction of sp³-hybridized carbons (Fsp3) is 0.833. The number of fused-ring (bicyclic) bond motifs is 1. The van der Waals surface area contributed by atoms with E-state index in [2.05, 4.69) is 10.3 Å². The summed E-state index contributed by atoms with van der Waals surface area (Å²) >= 11 is 0. The van der Waals surface area contributed by atoms with Gasteiger partial charge >= 0.3 is 6.09 Å². The van der Waals surface area contributed by atoms with E-state index in [-0.39, 0.29) is 5.96 Å². The van der Waals surface area contributed by atoms with Crippen LogP contribution in [0.3, 0.4) is 0 Å². The first-order valence-corrected chi connectivity index (χ1v) is 8.15. The molecule has 1 N–H and O–H groups in total. The number of nitrogens with zero attached hydrogens (tertiary/aromatic N) is 2. The Kier molecular flexibility index (Phi) is 3.69. The Hall–Kier alpha value is -1.35. The molecule has 120 valence electrons. The molecule has 0 aromatic carbocycles. The fourth-order valence-electron chi connectivity index (χ4n) is 2.26. The monoisotopic (exact) mass is 319 g/mol. The number of ether oxygens (including phenoxy) is 2. The second-order valence-corrected chi connectivity index (χ2v) is 8.39. The number of nitrogens with one attached hydrogen (secondary N) is 1. The van der Waals surface area contributed by atoms with Gasteiger partial charge in [-0.25, -0.2) is 22.5 Å². The number of carbonyl (C=O) groups is 1. The van der Waals surface area contributed by atoms with Gasteiger partial charge in [0.15, 0.2) is 0 Å². The van der Waals surface area contributed by atoms with Gasteiger partial charge in [-0.3, -0.25) is 5.32 Å². The molecule has 21 heavy (non-hydrogen) atoms. The van der Waals surface area contributed by atoms with Crippen LogP contribution in [-0.2, 0) is 19.5 Å². The number of amides is 1. The third-order valence-corrected chi connectivity index (χ3v) is 5.43. The average molecular weight is 319 g/mol. The van der Waals surface area contributed by atoms with Crippen LogP contribution in [0.5, 0.6) is 0 Å². The van der Waals surface area contributed by atoms with E-state index in [1.54, 1.807) is 27.7 Å². The highest BCUT2D eigenvalue weighted by atomic mass is 32.2. The zero-order chi connectivity index (χ0) is 16.1. The Morgan fingerprint density at radius 3 is 2.71 bits per heavy atom. The van der Waals surface area contributed by atoms with Crippen LogP contribution in [0.4, 0.5) is 4.79 Å². The minimum Gasteiger partial charge on any atom is -0.444 e. The molecule has 2 unspecified atom stereocenters. The summed E-state index contributed by atoms with van der Waals surface area (Å²) in [6.07, 6.45) is -0.270. The first-order valence-electron chi connectivity index (χ1n) is 6.65. The maximum absolute atomic E-state index is 12.4. The van der Waals surface area contributed by atoms with Gasteiger partial charge in [-0.15, -0.1) is 0 Å². The standard InChI is InChI=1S/C12H21N3O5S/c1-11(2,3)20-10(16)13-9-14-12(4)6-7-19-8(12)21(17,18)15(9)5/h8H,6-7H2,1-5H3,(H,13,14,16). The predicted octanol–water partition coefficient (Wildman–Crippen LogP) is 0.647. The van der Waals surface area contributed by atoms with Crippen molar-refractivity contribution in [3.63, 3.8) is 0 Å². The van der Waals surface area contributed by atoms with E-state index >= 15 is 0 Å². The molecule has 0 spiro atoms. The summed E-state index contributed by atoms with van der Waals surface area (Å²) < 4.78 is 36.2. The maximum atomic E-state index is 12.4. The molecule has 0 aromatic rings. The van der Waals surface area contributed by atoms with Crippen LogP contribution in [0.25, 0.3) is 0 Å². The van der Waals surface area contributed by atoms with E-state index in [4.69, 9.17) is 9.47 Å². The molecule has 9 heteroatoms. The highest BCUT2D eigenvalue weighted by Crippen LogP contribution is 2.37. The molecule has 8 nitrogen and oxygen atoms in total. The van der Waals surface area contributed by atoms with Gasteiger partial charge in [-0.05, 0) is 34.1 Å².